The molecule has 0 saturated carbocycles. The zero-order chi connectivity index (χ0) is 27.9. The van der Waals surface area contributed by atoms with Crippen LogP contribution in [0.2, 0.25) is 0 Å². The minimum Gasteiger partial charge on any atom is -0.477 e. The summed E-state index contributed by atoms with van der Waals surface area (Å²) < 4.78 is 26.0. The lowest BCUT2D eigenvalue weighted by Crippen LogP contribution is -2.46. The van der Waals surface area contributed by atoms with Gasteiger partial charge in [-0.3, -0.25) is 4.79 Å². The molecule has 2 aliphatic rings. The second-order valence-electron chi connectivity index (χ2n) is 10.5. The van der Waals surface area contributed by atoms with Gasteiger partial charge >= 0.3 is 6.09 Å². The Balaban J connectivity index is 1.27. The highest BCUT2D eigenvalue weighted by Crippen LogP contribution is 2.25. The molecule has 2 aromatic rings. The van der Waals surface area contributed by atoms with E-state index in [9.17, 15) is 19.2 Å². The molecule has 2 aliphatic heterocycles. The quantitative estimate of drug-likeness (QED) is 0.542. The van der Waals surface area contributed by atoms with Crippen molar-refractivity contribution in [1.82, 2.24) is 14.8 Å². The third kappa shape index (κ3) is 7.24. The molecule has 0 spiro atoms. The first-order valence-electron chi connectivity index (χ1n) is 13.5. The zero-order valence-corrected chi connectivity index (χ0v) is 22.5. The van der Waals surface area contributed by atoms with Crippen molar-refractivity contribution in [3.63, 3.8) is 0 Å². The number of halogens is 1. The van der Waals surface area contributed by atoms with Crippen molar-refractivity contribution >= 4 is 12.0 Å². The molecule has 2 fully saturated rings. The predicted octanol–water partition coefficient (Wildman–Crippen LogP) is 3.91. The number of hydrogen-bond donors (Lipinski definition) is 1. The Labute approximate surface area is 228 Å². The summed E-state index contributed by atoms with van der Waals surface area (Å²) in [5.74, 6) is 0.0461. The molecule has 0 radical (unpaired) electrons. The summed E-state index contributed by atoms with van der Waals surface area (Å²) in [7, 11) is 0. The number of likely N-dealkylation sites (tertiary alicyclic amines) is 2. The summed E-state index contributed by atoms with van der Waals surface area (Å²) in [6.45, 7) is 5.98. The van der Waals surface area contributed by atoms with Gasteiger partial charge in [0.25, 0.3) is 0 Å². The molecule has 39 heavy (non-hydrogen) atoms. The maximum atomic E-state index is 14.9. The van der Waals surface area contributed by atoms with Gasteiger partial charge in [0.1, 0.15) is 11.9 Å². The van der Waals surface area contributed by atoms with E-state index in [1.807, 2.05) is 19.9 Å². The van der Waals surface area contributed by atoms with Gasteiger partial charge < -0.3 is 25.0 Å². The average Bonchev–Trinajstić information content (AvgIpc) is 3.42. The number of nitriles is 1. The third-order valence-electron chi connectivity index (χ3n) is 7.24. The first-order chi connectivity index (χ1) is 18.7. The van der Waals surface area contributed by atoms with Crippen LogP contribution < -0.4 is 10.5 Å². The molecule has 1 aromatic heterocycles. The van der Waals surface area contributed by atoms with E-state index in [-0.39, 0.29) is 24.5 Å². The maximum absolute atomic E-state index is 14.9. The molecule has 4 rings (SSSR count). The van der Waals surface area contributed by atoms with Crippen LogP contribution in [0.3, 0.4) is 0 Å². The number of piperidine rings is 1. The molecule has 0 unspecified atom stereocenters. The Hall–Kier alpha value is -3.71. The lowest BCUT2D eigenvalue weighted by Gasteiger charge is -2.31. The third-order valence-corrected chi connectivity index (χ3v) is 7.24. The molecular formula is C29H36FN5O4. The van der Waals surface area contributed by atoms with Crippen molar-refractivity contribution in [2.45, 2.75) is 64.1 Å². The van der Waals surface area contributed by atoms with Crippen molar-refractivity contribution in [2.24, 2.45) is 11.7 Å². The number of hydrogen-bond acceptors (Lipinski definition) is 7. The van der Waals surface area contributed by atoms with Gasteiger partial charge in [0.15, 0.2) is 0 Å². The summed E-state index contributed by atoms with van der Waals surface area (Å²) in [6, 6.07) is 9.18. The van der Waals surface area contributed by atoms with E-state index in [0.29, 0.717) is 55.6 Å². The Morgan fingerprint density at radius 3 is 2.54 bits per heavy atom. The molecule has 1 aromatic carbocycles. The van der Waals surface area contributed by atoms with Crippen LogP contribution in [0.5, 0.6) is 5.88 Å². The molecule has 2 saturated heterocycles. The fourth-order valence-electron chi connectivity index (χ4n) is 4.99. The molecule has 9 nitrogen and oxygen atoms in total. The molecule has 208 valence electrons. The fraction of sp³-hybridized carbons (Fsp3) is 0.517. The molecule has 3 heterocycles. The molecule has 0 bridgehead atoms. The van der Waals surface area contributed by atoms with E-state index in [4.69, 9.17) is 15.2 Å². The number of rotatable bonds is 8. The van der Waals surface area contributed by atoms with Crippen LogP contribution >= 0.6 is 0 Å². The SMILES string of the molecule is CC(C)OC(=O)N1CCC(COc2ccc(-c3ccc(C[C@H](N)C(=O)N4CCC[C@H]4C#N)c(F)c3)cn2)CC1. The summed E-state index contributed by atoms with van der Waals surface area (Å²) in [6.07, 6.45) is 4.39. The van der Waals surface area contributed by atoms with Crippen LogP contribution in [-0.4, -0.2) is 71.2 Å². The van der Waals surface area contributed by atoms with Crippen LogP contribution in [0.1, 0.15) is 45.1 Å². The second kappa shape index (κ2) is 12.9. The molecular weight excluding hydrogens is 501 g/mol. The minimum absolute atomic E-state index is 0.0580. The number of nitrogens with zero attached hydrogens (tertiary/aromatic N) is 4. The van der Waals surface area contributed by atoms with Gasteiger partial charge in [0.2, 0.25) is 11.8 Å². The number of amides is 2. The molecule has 2 N–H and O–H groups in total. The highest BCUT2D eigenvalue weighted by atomic mass is 19.1. The average molecular weight is 538 g/mol. The van der Waals surface area contributed by atoms with Gasteiger partial charge in [-0.2, -0.15) is 5.26 Å². The molecule has 0 aliphatic carbocycles. The number of ether oxygens (including phenoxy) is 2. The largest absolute Gasteiger partial charge is 0.477 e. The van der Waals surface area contributed by atoms with Crippen molar-refractivity contribution < 1.29 is 23.5 Å². The summed E-state index contributed by atoms with van der Waals surface area (Å²) in [5, 5.41) is 9.22. The summed E-state index contributed by atoms with van der Waals surface area (Å²) in [5.41, 5.74) is 7.82. The molecule has 2 amide bonds. The summed E-state index contributed by atoms with van der Waals surface area (Å²) in [4.78, 5) is 32.3. The van der Waals surface area contributed by atoms with Gasteiger partial charge in [0, 0.05) is 37.5 Å². The standard InChI is InChI=1S/C29H36FN5O4/c1-19(2)39-29(37)34-12-9-20(10-13-34)18-38-27-8-7-23(17-33-27)21-5-6-22(25(30)14-21)15-26(32)28(36)35-11-3-4-24(35)16-31/h5-8,14,17,19-20,24,26H,3-4,9-13,15,18,32H2,1-2H3/t24-,26-/m0/s1. The van der Waals surface area contributed by atoms with Crippen molar-refractivity contribution in [1.29, 1.82) is 5.26 Å². The highest BCUT2D eigenvalue weighted by Gasteiger charge is 2.32. The summed E-state index contributed by atoms with van der Waals surface area (Å²) >= 11 is 0. The number of aromatic nitrogens is 1. The van der Waals surface area contributed by atoms with Crippen LogP contribution in [0.4, 0.5) is 9.18 Å². The normalized spacial score (nSPS) is 18.6. The lowest BCUT2D eigenvalue weighted by molar-refractivity contribution is -0.132. The van der Waals surface area contributed by atoms with Crippen molar-refractivity contribution in [3.8, 4) is 23.1 Å². The Morgan fingerprint density at radius 2 is 1.90 bits per heavy atom. The number of carbonyl (C=O) groups excluding carboxylic acids is 2. The van der Waals surface area contributed by atoms with Crippen LogP contribution in [0.15, 0.2) is 36.5 Å². The number of carbonyl (C=O) groups is 2. The topological polar surface area (TPSA) is 122 Å². The van der Waals surface area contributed by atoms with E-state index < -0.39 is 17.9 Å². The smallest absolute Gasteiger partial charge is 0.410 e. The van der Waals surface area contributed by atoms with Gasteiger partial charge in [-0.1, -0.05) is 12.1 Å². The minimum atomic E-state index is -0.904. The number of pyridine rings is 1. The van der Waals surface area contributed by atoms with Crippen LogP contribution in [0.25, 0.3) is 11.1 Å². The Kier molecular flexibility index (Phi) is 9.36. The van der Waals surface area contributed by atoms with Crippen molar-refractivity contribution in [2.75, 3.05) is 26.2 Å². The number of nitrogens with two attached hydrogens (primary N) is 1. The first kappa shape index (κ1) is 28.3. The van der Waals surface area contributed by atoms with Gasteiger partial charge in [-0.25, -0.2) is 14.2 Å². The van der Waals surface area contributed by atoms with Gasteiger partial charge in [0.05, 0.1) is 24.8 Å². The van der Waals surface area contributed by atoms with E-state index in [1.165, 1.54) is 11.0 Å². The monoisotopic (exact) mass is 537 g/mol. The maximum Gasteiger partial charge on any atom is 0.410 e. The van der Waals surface area contributed by atoms with Crippen molar-refractivity contribution in [3.05, 3.63) is 47.9 Å². The second-order valence-corrected chi connectivity index (χ2v) is 10.5. The van der Waals surface area contributed by atoms with Crippen LogP contribution in [-0.2, 0) is 16.0 Å². The predicted molar refractivity (Wildman–Crippen MR) is 143 cm³/mol. The highest BCUT2D eigenvalue weighted by molar-refractivity contribution is 5.83. The fourth-order valence-corrected chi connectivity index (χ4v) is 4.99. The zero-order valence-electron chi connectivity index (χ0n) is 22.5. The van der Waals surface area contributed by atoms with Gasteiger partial charge in [-0.05, 0) is 75.1 Å². The Bertz CT molecular complexity index is 1190. The Morgan fingerprint density at radius 1 is 1.15 bits per heavy atom. The van der Waals surface area contributed by atoms with Crippen LogP contribution in [0, 0.1) is 23.1 Å². The van der Waals surface area contributed by atoms with Gasteiger partial charge in [-0.15, -0.1) is 0 Å². The number of benzene rings is 1. The van der Waals surface area contributed by atoms with E-state index in [1.54, 1.807) is 29.3 Å². The van der Waals surface area contributed by atoms with E-state index in [0.717, 1.165) is 24.8 Å². The molecule has 2 atom stereocenters. The molecule has 10 heteroatoms. The lowest BCUT2D eigenvalue weighted by atomic mass is 9.98. The first-order valence-corrected chi connectivity index (χ1v) is 13.5. The van der Waals surface area contributed by atoms with E-state index in [2.05, 4.69) is 11.1 Å². The van der Waals surface area contributed by atoms with E-state index >= 15 is 0 Å².